The van der Waals surface area contributed by atoms with Crippen LogP contribution in [0.15, 0.2) is 18.2 Å². The van der Waals surface area contributed by atoms with E-state index in [2.05, 4.69) is 44.0 Å². The van der Waals surface area contributed by atoms with E-state index in [1.165, 1.54) is 16.8 Å². The van der Waals surface area contributed by atoms with E-state index in [1.54, 1.807) is 0 Å². The van der Waals surface area contributed by atoms with Crippen molar-refractivity contribution in [1.82, 2.24) is 0 Å². The molecule has 1 rings (SSSR count). The highest BCUT2D eigenvalue weighted by molar-refractivity contribution is 5.53. The minimum atomic E-state index is -0.224. The Balaban J connectivity index is 2.69. The molecule has 0 aliphatic carbocycles. The van der Waals surface area contributed by atoms with Crippen LogP contribution in [0.25, 0.3) is 0 Å². The summed E-state index contributed by atoms with van der Waals surface area (Å²) < 4.78 is 0. The molecule has 0 saturated carbocycles. The van der Waals surface area contributed by atoms with Crippen molar-refractivity contribution in [3.63, 3.8) is 0 Å². The lowest BCUT2D eigenvalue weighted by atomic mass is 10.1. The lowest BCUT2D eigenvalue weighted by Gasteiger charge is -2.22. The molecule has 0 fully saturated rings. The highest BCUT2D eigenvalue weighted by atomic mass is 16.3. The van der Waals surface area contributed by atoms with Gasteiger partial charge in [-0.15, -0.1) is 0 Å². The molecule has 0 amide bonds. The van der Waals surface area contributed by atoms with Gasteiger partial charge in [0, 0.05) is 19.3 Å². The number of rotatable bonds is 4. The van der Waals surface area contributed by atoms with Crippen LogP contribution in [-0.2, 0) is 0 Å². The molecule has 1 unspecified atom stereocenters. The topological polar surface area (TPSA) is 23.5 Å². The second kappa shape index (κ2) is 5.17. The van der Waals surface area contributed by atoms with E-state index in [0.717, 1.165) is 13.0 Å². The van der Waals surface area contributed by atoms with Crippen LogP contribution in [0, 0.1) is 13.8 Å². The lowest BCUT2D eigenvalue weighted by molar-refractivity contribution is 0.187. The van der Waals surface area contributed by atoms with Gasteiger partial charge in [0.1, 0.15) is 0 Å². The molecule has 1 aromatic carbocycles. The Bertz CT molecular complexity index is 320. The summed E-state index contributed by atoms with van der Waals surface area (Å²) in [5.41, 5.74) is 3.84. The number of aliphatic hydroxyl groups is 1. The molecule has 0 radical (unpaired) electrons. The second-order valence-electron chi connectivity index (χ2n) is 4.35. The Morgan fingerprint density at radius 2 is 2.00 bits per heavy atom. The van der Waals surface area contributed by atoms with Gasteiger partial charge < -0.3 is 10.0 Å². The van der Waals surface area contributed by atoms with Crippen molar-refractivity contribution in [3.05, 3.63) is 29.3 Å². The summed E-state index contributed by atoms with van der Waals surface area (Å²) in [7, 11) is 2.07. The lowest BCUT2D eigenvalue weighted by Crippen LogP contribution is -2.22. The van der Waals surface area contributed by atoms with Crippen molar-refractivity contribution in [3.8, 4) is 0 Å². The maximum atomic E-state index is 9.23. The zero-order valence-corrected chi connectivity index (χ0v) is 10.1. The molecule has 0 aliphatic rings. The SMILES string of the molecule is Cc1ccc(N(C)CCC(C)O)c(C)c1. The standard InChI is InChI=1S/C13H21NO/c1-10-5-6-13(11(2)9-10)14(4)8-7-12(3)15/h5-6,9,12,15H,7-8H2,1-4H3. The molecular formula is C13H21NO. The van der Waals surface area contributed by atoms with Gasteiger partial charge in [0.05, 0.1) is 6.10 Å². The summed E-state index contributed by atoms with van der Waals surface area (Å²) >= 11 is 0. The van der Waals surface area contributed by atoms with Crippen LogP contribution < -0.4 is 4.90 Å². The van der Waals surface area contributed by atoms with Crippen LogP contribution in [0.4, 0.5) is 5.69 Å². The zero-order valence-electron chi connectivity index (χ0n) is 10.1. The normalized spacial score (nSPS) is 12.6. The molecule has 0 spiro atoms. The van der Waals surface area contributed by atoms with Crippen LogP contribution in [0.2, 0.25) is 0 Å². The minimum absolute atomic E-state index is 0.224. The van der Waals surface area contributed by atoms with Crippen molar-refractivity contribution >= 4 is 5.69 Å². The van der Waals surface area contributed by atoms with E-state index < -0.39 is 0 Å². The van der Waals surface area contributed by atoms with Crippen molar-refractivity contribution < 1.29 is 5.11 Å². The van der Waals surface area contributed by atoms with Crippen LogP contribution in [0.1, 0.15) is 24.5 Å². The third-order valence-electron chi connectivity index (χ3n) is 2.65. The Morgan fingerprint density at radius 3 is 2.53 bits per heavy atom. The highest BCUT2D eigenvalue weighted by Gasteiger charge is 2.05. The van der Waals surface area contributed by atoms with Crippen LogP contribution in [0.3, 0.4) is 0 Å². The number of aryl methyl sites for hydroxylation is 2. The molecule has 0 bridgehead atoms. The Morgan fingerprint density at radius 1 is 1.33 bits per heavy atom. The van der Waals surface area contributed by atoms with Crippen molar-refractivity contribution in [2.75, 3.05) is 18.5 Å². The van der Waals surface area contributed by atoms with Crippen LogP contribution in [0.5, 0.6) is 0 Å². The summed E-state index contributed by atoms with van der Waals surface area (Å²) in [5.74, 6) is 0. The first-order valence-electron chi connectivity index (χ1n) is 5.47. The molecular weight excluding hydrogens is 186 g/mol. The fourth-order valence-electron chi connectivity index (χ4n) is 1.73. The number of aliphatic hydroxyl groups excluding tert-OH is 1. The smallest absolute Gasteiger partial charge is 0.0528 e. The van der Waals surface area contributed by atoms with E-state index >= 15 is 0 Å². The zero-order chi connectivity index (χ0) is 11.4. The van der Waals surface area contributed by atoms with Gasteiger partial charge in [0.15, 0.2) is 0 Å². The number of anilines is 1. The number of nitrogens with zero attached hydrogens (tertiary/aromatic N) is 1. The molecule has 0 saturated heterocycles. The summed E-state index contributed by atoms with van der Waals surface area (Å²) in [6.07, 6.45) is 0.585. The predicted octanol–water partition coefficient (Wildman–Crippen LogP) is 2.51. The highest BCUT2D eigenvalue weighted by Crippen LogP contribution is 2.20. The van der Waals surface area contributed by atoms with Crippen LogP contribution in [-0.4, -0.2) is 24.8 Å². The monoisotopic (exact) mass is 207 g/mol. The quantitative estimate of drug-likeness (QED) is 0.820. The largest absolute Gasteiger partial charge is 0.393 e. The Hall–Kier alpha value is -1.02. The van der Waals surface area contributed by atoms with Gasteiger partial charge in [0.25, 0.3) is 0 Å². The van der Waals surface area contributed by atoms with Crippen molar-refractivity contribution in [2.45, 2.75) is 33.3 Å². The molecule has 0 aliphatic heterocycles. The fourth-order valence-corrected chi connectivity index (χ4v) is 1.73. The average Bonchev–Trinajstić information content (AvgIpc) is 2.14. The van der Waals surface area contributed by atoms with E-state index in [0.29, 0.717) is 0 Å². The molecule has 2 heteroatoms. The van der Waals surface area contributed by atoms with Gasteiger partial charge in [-0.3, -0.25) is 0 Å². The predicted molar refractivity (Wildman–Crippen MR) is 65.5 cm³/mol. The first kappa shape index (κ1) is 12.1. The Labute approximate surface area is 92.5 Å². The summed E-state index contributed by atoms with van der Waals surface area (Å²) in [6, 6.07) is 6.46. The van der Waals surface area contributed by atoms with Gasteiger partial charge in [0.2, 0.25) is 0 Å². The maximum Gasteiger partial charge on any atom is 0.0528 e. The summed E-state index contributed by atoms with van der Waals surface area (Å²) in [6.45, 7) is 6.95. The molecule has 2 nitrogen and oxygen atoms in total. The van der Waals surface area contributed by atoms with Gasteiger partial charge in [-0.25, -0.2) is 0 Å². The minimum Gasteiger partial charge on any atom is -0.393 e. The van der Waals surface area contributed by atoms with Crippen molar-refractivity contribution in [2.24, 2.45) is 0 Å². The molecule has 1 atom stereocenters. The van der Waals surface area contributed by atoms with E-state index in [1.807, 2.05) is 6.92 Å². The maximum absolute atomic E-state index is 9.23. The molecule has 0 heterocycles. The van der Waals surface area contributed by atoms with E-state index in [9.17, 15) is 5.11 Å². The molecule has 1 aromatic rings. The average molecular weight is 207 g/mol. The summed E-state index contributed by atoms with van der Waals surface area (Å²) in [4.78, 5) is 2.20. The van der Waals surface area contributed by atoms with E-state index in [4.69, 9.17) is 0 Å². The Kier molecular flexibility index (Phi) is 4.15. The third-order valence-corrected chi connectivity index (χ3v) is 2.65. The van der Waals surface area contributed by atoms with Gasteiger partial charge in [-0.1, -0.05) is 17.7 Å². The van der Waals surface area contributed by atoms with Gasteiger partial charge in [-0.2, -0.15) is 0 Å². The fraction of sp³-hybridized carbons (Fsp3) is 0.538. The first-order valence-corrected chi connectivity index (χ1v) is 5.47. The molecule has 0 aromatic heterocycles. The van der Waals surface area contributed by atoms with Gasteiger partial charge in [-0.05, 0) is 38.8 Å². The molecule has 84 valence electrons. The van der Waals surface area contributed by atoms with Crippen molar-refractivity contribution in [1.29, 1.82) is 0 Å². The van der Waals surface area contributed by atoms with Crippen LogP contribution >= 0.6 is 0 Å². The third kappa shape index (κ3) is 3.56. The van der Waals surface area contributed by atoms with E-state index in [-0.39, 0.29) is 6.10 Å². The molecule has 15 heavy (non-hydrogen) atoms. The number of hydrogen-bond donors (Lipinski definition) is 1. The number of hydrogen-bond acceptors (Lipinski definition) is 2. The van der Waals surface area contributed by atoms with Gasteiger partial charge >= 0.3 is 0 Å². The number of benzene rings is 1. The molecule has 1 N–H and O–H groups in total. The first-order chi connectivity index (χ1) is 7.00. The second-order valence-corrected chi connectivity index (χ2v) is 4.35. The summed E-state index contributed by atoms with van der Waals surface area (Å²) in [5, 5.41) is 9.23.